The molecule has 2 aromatic rings. The minimum atomic E-state index is 0.0851. The third-order valence-corrected chi connectivity index (χ3v) is 4.46. The van der Waals surface area contributed by atoms with Crippen molar-refractivity contribution in [3.8, 4) is 0 Å². The van der Waals surface area contributed by atoms with Gasteiger partial charge in [-0.3, -0.25) is 4.79 Å². The quantitative estimate of drug-likeness (QED) is 0.504. The fourth-order valence-corrected chi connectivity index (χ4v) is 2.76. The number of halogens is 2. The lowest BCUT2D eigenvalue weighted by Gasteiger charge is -2.09. The van der Waals surface area contributed by atoms with E-state index in [0.717, 1.165) is 30.3 Å². The van der Waals surface area contributed by atoms with E-state index in [4.69, 9.17) is 0 Å². The number of benzene rings is 2. The van der Waals surface area contributed by atoms with Crippen molar-refractivity contribution < 1.29 is 4.79 Å². The van der Waals surface area contributed by atoms with Gasteiger partial charge in [0.2, 0.25) is 0 Å². The van der Waals surface area contributed by atoms with Crippen molar-refractivity contribution in [2.24, 2.45) is 0 Å². The van der Waals surface area contributed by atoms with Gasteiger partial charge in [0.05, 0.1) is 0 Å². The Morgan fingerprint density at radius 2 is 1.83 bits per heavy atom. The second kappa shape index (κ2) is 5.53. The molecule has 0 amide bonds. The number of rotatable bonds is 2. The van der Waals surface area contributed by atoms with E-state index in [9.17, 15) is 4.79 Å². The molecule has 0 N–H and O–H groups in total. The molecule has 0 aromatic heterocycles. The van der Waals surface area contributed by atoms with E-state index in [-0.39, 0.29) is 5.78 Å². The molecule has 0 radical (unpaired) electrons. The third-order valence-electron chi connectivity index (χ3n) is 3.02. The van der Waals surface area contributed by atoms with Gasteiger partial charge >= 0.3 is 0 Å². The topological polar surface area (TPSA) is 17.1 Å². The molecule has 0 aliphatic heterocycles. The maximum atomic E-state index is 12.6. The van der Waals surface area contributed by atoms with Crippen LogP contribution >= 0.6 is 38.5 Å². The van der Waals surface area contributed by atoms with Crippen LogP contribution in [0.1, 0.15) is 27.0 Å². The number of carbonyl (C=O) groups excluding carboxylic acids is 1. The van der Waals surface area contributed by atoms with Gasteiger partial charge in [-0.2, -0.15) is 0 Å². The van der Waals surface area contributed by atoms with Gasteiger partial charge in [0.25, 0.3) is 0 Å². The lowest BCUT2D eigenvalue weighted by molar-refractivity contribution is 0.103. The van der Waals surface area contributed by atoms with Gasteiger partial charge in [0.1, 0.15) is 0 Å². The second-order valence-electron chi connectivity index (χ2n) is 4.20. The molecule has 0 saturated heterocycles. The molecule has 0 fully saturated rings. The number of hydrogen-bond acceptors (Lipinski definition) is 1. The van der Waals surface area contributed by atoms with Crippen LogP contribution in [-0.2, 0) is 0 Å². The highest BCUT2D eigenvalue weighted by molar-refractivity contribution is 14.1. The van der Waals surface area contributed by atoms with Crippen LogP contribution in [0.3, 0.4) is 0 Å². The SMILES string of the molecule is Cc1cccc(C(=O)c2cc(Br)ccc2I)c1C. The van der Waals surface area contributed by atoms with Gasteiger partial charge in [0.15, 0.2) is 5.78 Å². The Bertz CT molecular complexity index is 616. The summed E-state index contributed by atoms with van der Waals surface area (Å²) in [6, 6.07) is 11.6. The highest BCUT2D eigenvalue weighted by Gasteiger charge is 2.15. The Morgan fingerprint density at radius 3 is 2.56 bits per heavy atom. The zero-order valence-corrected chi connectivity index (χ0v) is 13.9. The molecule has 0 atom stereocenters. The summed E-state index contributed by atoms with van der Waals surface area (Å²) in [6.45, 7) is 4.02. The smallest absolute Gasteiger partial charge is 0.194 e. The summed E-state index contributed by atoms with van der Waals surface area (Å²) >= 11 is 5.61. The largest absolute Gasteiger partial charge is 0.289 e. The Labute approximate surface area is 129 Å². The molecule has 2 rings (SSSR count). The van der Waals surface area contributed by atoms with Crippen molar-refractivity contribution in [1.82, 2.24) is 0 Å². The van der Waals surface area contributed by atoms with Gasteiger partial charge in [-0.1, -0.05) is 34.1 Å². The summed E-state index contributed by atoms with van der Waals surface area (Å²) in [7, 11) is 0. The van der Waals surface area contributed by atoms with E-state index in [1.807, 2.05) is 50.2 Å². The standard InChI is InChI=1S/C15H12BrIO/c1-9-4-3-5-12(10(9)2)15(18)13-8-11(16)6-7-14(13)17/h3-8H,1-2H3. The van der Waals surface area contributed by atoms with Crippen molar-refractivity contribution in [3.05, 3.63) is 66.7 Å². The fraction of sp³-hybridized carbons (Fsp3) is 0.133. The first kappa shape index (κ1) is 13.7. The maximum Gasteiger partial charge on any atom is 0.194 e. The molecule has 18 heavy (non-hydrogen) atoms. The minimum absolute atomic E-state index is 0.0851. The summed E-state index contributed by atoms with van der Waals surface area (Å²) in [4.78, 5) is 12.6. The summed E-state index contributed by atoms with van der Waals surface area (Å²) in [5.41, 5.74) is 3.73. The Morgan fingerprint density at radius 1 is 1.11 bits per heavy atom. The molecule has 0 spiro atoms. The molecular weight excluding hydrogens is 403 g/mol. The molecule has 0 aliphatic carbocycles. The Hall–Kier alpha value is -0.680. The monoisotopic (exact) mass is 414 g/mol. The number of aryl methyl sites for hydroxylation is 1. The van der Waals surface area contributed by atoms with Crippen LogP contribution in [0.4, 0.5) is 0 Å². The van der Waals surface area contributed by atoms with E-state index in [2.05, 4.69) is 38.5 Å². The van der Waals surface area contributed by atoms with Crippen LogP contribution in [-0.4, -0.2) is 5.78 Å². The predicted octanol–water partition coefficient (Wildman–Crippen LogP) is 4.90. The van der Waals surface area contributed by atoms with Gasteiger partial charge in [-0.25, -0.2) is 0 Å². The number of hydrogen-bond donors (Lipinski definition) is 0. The molecule has 0 heterocycles. The average Bonchev–Trinajstić information content (AvgIpc) is 2.35. The Balaban J connectivity index is 2.55. The van der Waals surface area contributed by atoms with Crippen molar-refractivity contribution in [1.29, 1.82) is 0 Å². The van der Waals surface area contributed by atoms with Gasteiger partial charge in [0, 0.05) is 19.2 Å². The molecule has 0 aliphatic rings. The molecule has 92 valence electrons. The molecule has 2 aromatic carbocycles. The zero-order chi connectivity index (χ0) is 13.3. The average molecular weight is 415 g/mol. The second-order valence-corrected chi connectivity index (χ2v) is 6.28. The third kappa shape index (κ3) is 2.67. The van der Waals surface area contributed by atoms with Crippen LogP contribution in [0.15, 0.2) is 40.9 Å². The van der Waals surface area contributed by atoms with Crippen LogP contribution in [0.2, 0.25) is 0 Å². The number of carbonyl (C=O) groups is 1. The molecule has 0 bridgehead atoms. The van der Waals surface area contributed by atoms with Gasteiger partial charge in [-0.15, -0.1) is 0 Å². The number of ketones is 1. The van der Waals surface area contributed by atoms with Crippen LogP contribution in [0.25, 0.3) is 0 Å². The summed E-state index contributed by atoms with van der Waals surface area (Å²) in [6.07, 6.45) is 0. The molecule has 0 unspecified atom stereocenters. The first-order chi connectivity index (χ1) is 8.50. The summed E-state index contributed by atoms with van der Waals surface area (Å²) < 4.78 is 1.90. The molecule has 1 nitrogen and oxygen atoms in total. The lowest BCUT2D eigenvalue weighted by Crippen LogP contribution is -2.06. The zero-order valence-electron chi connectivity index (χ0n) is 10.1. The van der Waals surface area contributed by atoms with Crippen molar-refractivity contribution in [3.63, 3.8) is 0 Å². The van der Waals surface area contributed by atoms with Gasteiger partial charge < -0.3 is 0 Å². The van der Waals surface area contributed by atoms with Crippen LogP contribution in [0, 0.1) is 17.4 Å². The molecular formula is C15H12BrIO. The highest BCUT2D eigenvalue weighted by Crippen LogP contribution is 2.23. The predicted molar refractivity (Wildman–Crippen MR) is 86.2 cm³/mol. The van der Waals surface area contributed by atoms with Gasteiger partial charge in [-0.05, 0) is 65.8 Å². The first-order valence-electron chi connectivity index (χ1n) is 5.56. The Kier molecular flexibility index (Phi) is 4.22. The fourth-order valence-electron chi connectivity index (χ4n) is 1.81. The summed E-state index contributed by atoms with van der Waals surface area (Å²) in [5, 5.41) is 0. The van der Waals surface area contributed by atoms with Crippen molar-refractivity contribution >= 4 is 44.3 Å². The van der Waals surface area contributed by atoms with Crippen LogP contribution in [0.5, 0.6) is 0 Å². The lowest BCUT2D eigenvalue weighted by atomic mass is 9.96. The molecule has 0 saturated carbocycles. The normalized spacial score (nSPS) is 10.4. The van der Waals surface area contributed by atoms with E-state index < -0.39 is 0 Å². The molecule has 3 heteroatoms. The first-order valence-corrected chi connectivity index (χ1v) is 7.44. The van der Waals surface area contributed by atoms with Crippen molar-refractivity contribution in [2.75, 3.05) is 0 Å². The van der Waals surface area contributed by atoms with Crippen LogP contribution < -0.4 is 0 Å². The van der Waals surface area contributed by atoms with E-state index in [1.54, 1.807) is 0 Å². The van der Waals surface area contributed by atoms with E-state index in [0.29, 0.717) is 0 Å². The van der Waals surface area contributed by atoms with E-state index in [1.165, 1.54) is 0 Å². The highest BCUT2D eigenvalue weighted by atomic mass is 127. The minimum Gasteiger partial charge on any atom is -0.289 e. The van der Waals surface area contributed by atoms with Crippen molar-refractivity contribution in [2.45, 2.75) is 13.8 Å². The maximum absolute atomic E-state index is 12.6. The summed E-state index contributed by atoms with van der Waals surface area (Å²) in [5.74, 6) is 0.0851. The van der Waals surface area contributed by atoms with E-state index >= 15 is 0 Å².